The van der Waals surface area contributed by atoms with Crippen LogP contribution in [-0.2, 0) is 19.6 Å². The summed E-state index contributed by atoms with van der Waals surface area (Å²) < 4.78 is 31.9. The van der Waals surface area contributed by atoms with Crippen molar-refractivity contribution in [2.75, 3.05) is 31.1 Å². The van der Waals surface area contributed by atoms with Gasteiger partial charge in [0.2, 0.25) is 21.9 Å². The maximum Gasteiger partial charge on any atom is 0.363 e. The van der Waals surface area contributed by atoms with Gasteiger partial charge in [0.25, 0.3) is 0 Å². The molecule has 0 atom stereocenters. The summed E-state index contributed by atoms with van der Waals surface area (Å²) in [4.78, 5) is 27.6. The first kappa shape index (κ1) is 22.1. The molecule has 168 valence electrons. The Kier molecular flexibility index (Phi) is 6.33. The molecule has 1 aromatic carbocycles. The summed E-state index contributed by atoms with van der Waals surface area (Å²) in [6.45, 7) is 6.27. The highest BCUT2D eigenvalue weighted by Crippen LogP contribution is 2.22. The van der Waals surface area contributed by atoms with Crippen LogP contribution in [0.5, 0.6) is 0 Å². The summed E-state index contributed by atoms with van der Waals surface area (Å²) in [5, 5.41) is 0. The summed E-state index contributed by atoms with van der Waals surface area (Å²) in [6, 6.07) is 6.15. The number of hydrogen-bond donors (Lipinski definition) is 0. The van der Waals surface area contributed by atoms with Gasteiger partial charge < -0.3 is 9.64 Å². The largest absolute Gasteiger partial charge is 0.402 e. The Hall–Kier alpha value is -3.11. The van der Waals surface area contributed by atoms with E-state index in [0.717, 1.165) is 25.9 Å². The van der Waals surface area contributed by atoms with Crippen LogP contribution in [0.15, 0.2) is 52.2 Å². The van der Waals surface area contributed by atoms with E-state index in [1.807, 2.05) is 0 Å². The number of carbonyl (C=O) groups is 1. The maximum absolute atomic E-state index is 12.6. The molecule has 2 aromatic rings. The Morgan fingerprint density at radius 3 is 2.28 bits per heavy atom. The molecule has 2 aliphatic heterocycles. The van der Waals surface area contributed by atoms with Crippen LogP contribution in [0, 0.1) is 0 Å². The van der Waals surface area contributed by atoms with Gasteiger partial charge in [-0.1, -0.05) is 13.8 Å². The molecule has 1 saturated heterocycles. The van der Waals surface area contributed by atoms with E-state index in [9.17, 15) is 13.2 Å². The van der Waals surface area contributed by atoms with Crippen molar-refractivity contribution >= 4 is 33.9 Å². The molecule has 1 aromatic heterocycles. The molecule has 0 bridgehead atoms. The smallest absolute Gasteiger partial charge is 0.363 e. The number of cyclic esters (lactones) is 1. The number of sulfonamides is 1. The average molecular weight is 456 g/mol. The summed E-state index contributed by atoms with van der Waals surface area (Å²) in [6.07, 6.45) is 7.16. The van der Waals surface area contributed by atoms with E-state index in [-0.39, 0.29) is 16.5 Å². The minimum Gasteiger partial charge on any atom is -0.402 e. The Balaban J connectivity index is 1.52. The molecule has 2 aliphatic rings. The highest BCUT2D eigenvalue weighted by molar-refractivity contribution is 7.89. The fourth-order valence-corrected chi connectivity index (χ4v) is 5.12. The summed E-state index contributed by atoms with van der Waals surface area (Å²) in [5.41, 5.74) is 1.30. The van der Waals surface area contributed by atoms with E-state index in [2.05, 4.69) is 19.9 Å². The second-order valence-corrected chi connectivity index (χ2v) is 9.40. The number of rotatable bonds is 7. The predicted molar refractivity (Wildman–Crippen MR) is 121 cm³/mol. The number of aromatic nitrogens is 2. The number of carbonyl (C=O) groups excluding carboxylic acids is 1. The monoisotopic (exact) mass is 455 g/mol. The molecule has 1 fully saturated rings. The van der Waals surface area contributed by atoms with Gasteiger partial charge in [0.1, 0.15) is 0 Å². The second kappa shape index (κ2) is 9.17. The topological polar surface area (TPSA) is 105 Å². The van der Waals surface area contributed by atoms with Crippen LogP contribution in [-0.4, -0.2) is 60.7 Å². The van der Waals surface area contributed by atoms with Crippen molar-refractivity contribution in [1.29, 1.82) is 0 Å². The van der Waals surface area contributed by atoms with Crippen molar-refractivity contribution < 1.29 is 17.9 Å². The minimum absolute atomic E-state index is 0.127. The molecule has 0 unspecified atom stereocenters. The van der Waals surface area contributed by atoms with Gasteiger partial charge in [0.15, 0.2) is 5.70 Å². The lowest BCUT2D eigenvalue weighted by Crippen LogP contribution is -2.30. The summed E-state index contributed by atoms with van der Waals surface area (Å²) in [5.74, 6) is 0.230. The molecule has 0 spiro atoms. The highest BCUT2D eigenvalue weighted by Gasteiger charge is 2.26. The van der Waals surface area contributed by atoms with Crippen LogP contribution in [0.2, 0.25) is 0 Å². The molecule has 3 heterocycles. The summed E-state index contributed by atoms with van der Waals surface area (Å²) >= 11 is 0. The quantitative estimate of drug-likeness (QED) is 0.466. The maximum atomic E-state index is 12.6. The van der Waals surface area contributed by atoms with Gasteiger partial charge in [-0.15, -0.1) is 0 Å². The third-order valence-corrected chi connectivity index (χ3v) is 7.48. The Labute approximate surface area is 187 Å². The number of aliphatic imine (C=N–C) groups is 1. The van der Waals surface area contributed by atoms with Crippen LogP contribution >= 0.6 is 0 Å². The molecule has 0 aliphatic carbocycles. The first-order valence-corrected chi connectivity index (χ1v) is 12.1. The van der Waals surface area contributed by atoms with Crippen molar-refractivity contribution in [3.05, 3.63) is 53.5 Å². The van der Waals surface area contributed by atoms with Crippen molar-refractivity contribution in [3.8, 4) is 0 Å². The zero-order valence-corrected chi connectivity index (χ0v) is 18.9. The molecular weight excluding hydrogens is 430 g/mol. The molecule has 0 saturated carbocycles. The zero-order chi connectivity index (χ0) is 22.7. The second-order valence-electron chi connectivity index (χ2n) is 7.46. The Bertz CT molecular complexity index is 1150. The molecular formula is C22H25N5O4S. The number of ether oxygens (including phenoxy) is 1. The van der Waals surface area contributed by atoms with Crippen LogP contribution in [0.25, 0.3) is 6.08 Å². The summed E-state index contributed by atoms with van der Waals surface area (Å²) in [7, 11) is -3.56. The first-order valence-electron chi connectivity index (χ1n) is 10.6. The van der Waals surface area contributed by atoms with E-state index in [0.29, 0.717) is 30.2 Å². The van der Waals surface area contributed by atoms with E-state index >= 15 is 0 Å². The first-order chi connectivity index (χ1) is 15.4. The van der Waals surface area contributed by atoms with Crippen molar-refractivity contribution in [2.45, 2.75) is 31.6 Å². The number of nitrogens with zero attached hydrogens (tertiary/aromatic N) is 5. The van der Waals surface area contributed by atoms with Crippen LogP contribution in [0.4, 0.5) is 5.95 Å². The van der Waals surface area contributed by atoms with Gasteiger partial charge in [0, 0.05) is 49.7 Å². The molecule has 9 nitrogen and oxygen atoms in total. The van der Waals surface area contributed by atoms with Gasteiger partial charge in [0.05, 0.1) is 4.90 Å². The molecule has 32 heavy (non-hydrogen) atoms. The lowest BCUT2D eigenvalue weighted by Gasteiger charge is -2.18. The number of esters is 1. The molecule has 10 heteroatoms. The van der Waals surface area contributed by atoms with Crippen molar-refractivity contribution in [1.82, 2.24) is 14.3 Å². The predicted octanol–water partition coefficient (Wildman–Crippen LogP) is 2.45. The normalized spacial score (nSPS) is 17.8. The fourth-order valence-electron chi connectivity index (χ4n) is 3.66. The Morgan fingerprint density at radius 1 is 1.06 bits per heavy atom. The van der Waals surface area contributed by atoms with Gasteiger partial charge in [-0.25, -0.2) is 28.2 Å². The standard InChI is InChI=1S/C22H25N5O4S/c1-3-27(4-2)32(29,30)18-9-7-17(8-10-18)20-25-19(21(28)31-20)13-16-14-23-22(24-15-16)26-11-5-6-12-26/h7-10,13-15H,3-6,11-12H2,1-2H3/b19-13+. The lowest BCUT2D eigenvalue weighted by atomic mass is 10.2. The SMILES string of the molecule is CCN(CC)S(=O)(=O)c1ccc(C2=N/C(=C/c3cnc(N4CCCC4)nc3)C(=O)O2)cc1. The third kappa shape index (κ3) is 4.42. The van der Waals surface area contributed by atoms with Crippen LogP contribution in [0.3, 0.4) is 0 Å². The molecule has 0 N–H and O–H groups in total. The minimum atomic E-state index is -3.56. The zero-order valence-electron chi connectivity index (χ0n) is 18.1. The fraction of sp³-hybridized carbons (Fsp3) is 0.364. The third-order valence-electron chi connectivity index (χ3n) is 5.42. The van der Waals surface area contributed by atoms with E-state index in [4.69, 9.17) is 4.74 Å². The van der Waals surface area contributed by atoms with Crippen molar-refractivity contribution in [2.24, 2.45) is 4.99 Å². The van der Waals surface area contributed by atoms with Gasteiger partial charge in [-0.05, 0) is 43.2 Å². The average Bonchev–Trinajstić information content (AvgIpc) is 3.46. The van der Waals surface area contributed by atoms with Crippen molar-refractivity contribution in [3.63, 3.8) is 0 Å². The van der Waals surface area contributed by atoms with Gasteiger partial charge in [-0.2, -0.15) is 4.31 Å². The van der Waals surface area contributed by atoms with E-state index in [1.54, 1.807) is 44.4 Å². The lowest BCUT2D eigenvalue weighted by molar-refractivity contribution is -0.129. The molecule has 0 radical (unpaired) electrons. The number of benzene rings is 1. The highest BCUT2D eigenvalue weighted by atomic mass is 32.2. The van der Waals surface area contributed by atoms with Gasteiger partial charge >= 0.3 is 5.97 Å². The Morgan fingerprint density at radius 2 is 1.69 bits per heavy atom. The van der Waals surface area contributed by atoms with Gasteiger partial charge in [-0.3, -0.25) is 0 Å². The molecule has 4 rings (SSSR count). The van der Waals surface area contributed by atoms with E-state index in [1.165, 1.54) is 16.4 Å². The van der Waals surface area contributed by atoms with Crippen LogP contribution in [0.1, 0.15) is 37.8 Å². The number of anilines is 1. The van der Waals surface area contributed by atoms with E-state index < -0.39 is 16.0 Å². The number of hydrogen-bond acceptors (Lipinski definition) is 8. The molecule has 0 amide bonds. The van der Waals surface area contributed by atoms with Crippen LogP contribution < -0.4 is 4.90 Å².